The van der Waals surface area contributed by atoms with Gasteiger partial charge >= 0.3 is 0 Å². The van der Waals surface area contributed by atoms with Crippen LogP contribution >= 0.6 is 0 Å². The molecule has 1 aliphatic rings. The zero-order chi connectivity index (χ0) is 18.7. The van der Waals surface area contributed by atoms with Gasteiger partial charge in [-0.3, -0.25) is 14.5 Å². The van der Waals surface area contributed by atoms with Crippen LogP contribution in [0.2, 0.25) is 0 Å². The number of amides is 2. The molecule has 4 nitrogen and oxygen atoms in total. The Morgan fingerprint density at radius 3 is 2.54 bits per heavy atom. The van der Waals surface area contributed by atoms with Crippen molar-refractivity contribution in [3.63, 3.8) is 0 Å². The summed E-state index contributed by atoms with van der Waals surface area (Å²) in [6, 6.07) is 15.1. The number of carbonyl (C=O) groups is 2. The van der Waals surface area contributed by atoms with Crippen LogP contribution in [-0.2, 0) is 16.0 Å². The number of hydrogen-bond donors (Lipinski definition) is 1. The number of fused-ring (bicyclic) bond motifs is 1. The van der Waals surface area contributed by atoms with Crippen molar-refractivity contribution in [3.05, 3.63) is 59.7 Å². The third kappa shape index (κ3) is 3.64. The van der Waals surface area contributed by atoms with E-state index in [1.54, 1.807) is 4.90 Å². The molecule has 2 aromatic rings. The molecule has 2 unspecified atom stereocenters. The Morgan fingerprint density at radius 1 is 1.15 bits per heavy atom. The molecule has 0 aromatic heterocycles. The highest BCUT2D eigenvalue weighted by Crippen LogP contribution is 2.32. The number of benzene rings is 2. The van der Waals surface area contributed by atoms with Crippen molar-refractivity contribution in [1.82, 2.24) is 0 Å². The second-order valence-electron chi connectivity index (χ2n) is 7.06. The number of rotatable bonds is 4. The quantitative estimate of drug-likeness (QED) is 0.892. The molecule has 2 aromatic carbocycles. The van der Waals surface area contributed by atoms with Crippen molar-refractivity contribution in [3.8, 4) is 0 Å². The summed E-state index contributed by atoms with van der Waals surface area (Å²) in [6.07, 6.45) is 2.19. The van der Waals surface area contributed by atoms with Crippen molar-refractivity contribution in [2.24, 2.45) is 5.92 Å². The first-order valence-corrected chi connectivity index (χ1v) is 9.29. The van der Waals surface area contributed by atoms with Crippen molar-refractivity contribution >= 4 is 23.2 Å². The van der Waals surface area contributed by atoms with Gasteiger partial charge in [-0.15, -0.1) is 0 Å². The maximum absolute atomic E-state index is 13.0. The zero-order valence-corrected chi connectivity index (χ0v) is 15.7. The van der Waals surface area contributed by atoms with E-state index in [-0.39, 0.29) is 17.7 Å². The summed E-state index contributed by atoms with van der Waals surface area (Å²) in [4.78, 5) is 27.8. The monoisotopic (exact) mass is 350 g/mol. The van der Waals surface area contributed by atoms with Crippen molar-refractivity contribution in [2.45, 2.75) is 46.1 Å². The van der Waals surface area contributed by atoms with E-state index in [9.17, 15) is 9.59 Å². The second kappa shape index (κ2) is 7.73. The predicted octanol–water partition coefficient (Wildman–Crippen LogP) is 4.33. The van der Waals surface area contributed by atoms with Crippen LogP contribution in [0.3, 0.4) is 0 Å². The third-order valence-corrected chi connectivity index (χ3v) is 5.14. The maximum atomic E-state index is 13.0. The molecule has 1 heterocycles. The lowest BCUT2D eigenvalue weighted by Gasteiger charge is -2.37. The third-order valence-electron chi connectivity index (χ3n) is 5.14. The van der Waals surface area contributed by atoms with Gasteiger partial charge in [0.2, 0.25) is 11.8 Å². The molecule has 1 N–H and O–H groups in total. The van der Waals surface area contributed by atoms with Gasteiger partial charge in [-0.05, 0) is 49.9 Å². The molecule has 0 bridgehead atoms. The van der Waals surface area contributed by atoms with Crippen molar-refractivity contribution in [1.29, 1.82) is 0 Å². The minimum Gasteiger partial charge on any atom is -0.324 e. The summed E-state index contributed by atoms with van der Waals surface area (Å²) >= 11 is 0. The summed E-state index contributed by atoms with van der Waals surface area (Å²) in [6.45, 7) is 5.94. The van der Waals surface area contributed by atoms with Gasteiger partial charge in [0.05, 0.1) is 0 Å². The van der Waals surface area contributed by atoms with E-state index in [2.05, 4.69) is 5.32 Å². The molecule has 3 rings (SSSR count). The molecule has 0 fully saturated rings. The average molecular weight is 350 g/mol. The molecule has 2 atom stereocenters. The van der Waals surface area contributed by atoms with Gasteiger partial charge in [-0.2, -0.15) is 0 Å². The number of anilines is 2. The lowest BCUT2D eigenvalue weighted by molar-refractivity contribution is -0.126. The predicted molar refractivity (Wildman–Crippen MR) is 105 cm³/mol. The molecule has 0 spiro atoms. The molecule has 0 radical (unpaired) electrons. The van der Waals surface area contributed by atoms with E-state index in [4.69, 9.17) is 0 Å². The number of nitrogens with one attached hydrogen (secondary N) is 1. The smallest absolute Gasteiger partial charge is 0.247 e. The summed E-state index contributed by atoms with van der Waals surface area (Å²) in [5.41, 5.74) is 3.90. The normalized spacial score (nSPS) is 17.3. The Hall–Kier alpha value is -2.62. The highest BCUT2D eigenvalue weighted by Gasteiger charge is 2.36. The van der Waals surface area contributed by atoms with Crippen molar-refractivity contribution < 1.29 is 9.59 Å². The molecule has 2 amide bonds. The lowest BCUT2D eigenvalue weighted by atomic mass is 9.93. The molecule has 1 aliphatic heterocycles. The minimum atomic E-state index is -0.479. The first-order chi connectivity index (χ1) is 12.5. The van der Waals surface area contributed by atoms with E-state index < -0.39 is 6.04 Å². The van der Waals surface area contributed by atoms with Crippen LogP contribution in [0.25, 0.3) is 0 Å². The molecular weight excluding hydrogens is 324 g/mol. The van der Waals surface area contributed by atoms with Gasteiger partial charge < -0.3 is 5.32 Å². The molecule has 0 saturated carbocycles. The molecule has 26 heavy (non-hydrogen) atoms. The van der Waals surface area contributed by atoms with Gasteiger partial charge in [-0.25, -0.2) is 0 Å². The first-order valence-electron chi connectivity index (χ1n) is 9.29. The number of aryl methyl sites for hydroxylation is 2. The largest absolute Gasteiger partial charge is 0.324 e. The van der Waals surface area contributed by atoms with Crippen LogP contribution in [0, 0.1) is 12.8 Å². The van der Waals surface area contributed by atoms with Gasteiger partial charge in [0, 0.05) is 17.3 Å². The van der Waals surface area contributed by atoms with E-state index in [0.717, 1.165) is 35.3 Å². The SMILES string of the molecule is CCC(C)C(=O)N1c2ccccc2CCC1C(=O)Nc1ccc(C)cc1. The molecule has 136 valence electrons. The summed E-state index contributed by atoms with van der Waals surface area (Å²) < 4.78 is 0. The maximum Gasteiger partial charge on any atom is 0.247 e. The molecule has 0 aliphatic carbocycles. The zero-order valence-electron chi connectivity index (χ0n) is 15.7. The Balaban J connectivity index is 1.90. The van der Waals surface area contributed by atoms with Crippen LogP contribution in [0.1, 0.15) is 37.8 Å². The fraction of sp³-hybridized carbons (Fsp3) is 0.364. The van der Waals surface area contributed by atoms with Gasteiger partial charge in [0.1, 0.15) is 6.04 Å². The molecular formula is C22H26N2O2. The van der Waals surface area contributed by atoms with Crippen LogP contribution < -0.4 is 10.2 Å². The van der Waals surface area contributed by atoms with Crippen LogP contribution in [0.15, 0.2) is 48.5 Å². The van der Waals surface area contributed by atoms with Crippen molar-refractivity contribution in [2.75, 3.05) is 10.2 Å². The number of para-hydroxylation sites is 1. The fourth-order valence-electron chi connectivity index (χ4n) is 3.34. The Morgan fingerprint density at radius 2 is 1.85 bits per heavy atom. The molecule has 0 saturated heterocycles. The lowest BCUT2D eigenvalue weighted by Crippen LogP contribution is -2.51. The standard InChI is InChI=1S/C22H26N2O2/c1-4-16(3)22(26)24-19-8-6-5-7-17(19)11-14-20(24)21(25)23-18-12-9-15(2)10-13-18/h5-10,12-13,16,20H,4,11,14H2,1-3H3,(H,23,25). The minimum absolute atomic E-state index is 0.0173. The number of hydrogen-bond acceptors (Lipinski definition) is 2. The van der Waals surface area contributed by atoms with Gasteiger partial charge in [0.25, 0.3) is 0 Å². The highest BCUT2D eigenvalue weighted by atomic mass is 16.2. The Labute approximate surface area is 155 Å². The Kier molecular flexibility index (Phi) is 5.40. The van der Waals surface area contributed by atoms with Crippen LogP contribution in [-0.4, -0.2) is 17.9 Å². The highest BCUT2D eigenvalue weighted by molar-refractivity contribution is 6.06. The van der Waals surface area contributed by atoms with E-state index >= 15 is 0 Å². The van der Waals surface area contributed by atoms with Crippen LogP contribution in [0.4, 0.5) is 11.4 Å². The summed E-state index contributed by atoms with van der Waals surface area (Å²) in [5, 5.41) is 2.98. The fourth-order valence-corrected chi connectivity index (χ4v) is 3.34. The second-order valence-corrected chi connectivity index (χ2v) is 7.06. The number of nitrogens with zero attached hydrogens (tertiary/aromatic N) is 1. The summed E-state index contributed by atoms with van der Waals surface area (Å²) in [7, 11) is 0. The summed E-state index contributed by atoms with van der Waals surface area (Å²) in [5.74, 6) is -0.223. The van der Waals surface area contributed by atoms with E-state index in [1.165, 1.54) is 0 Å². The van der Waals surface area contributed by atoms with Gasteiger partial charge in [-0.1, -0.05) is 49.7 Å². The van der Waals surface area contributed by atoms with E-state index in [1.807, 2.05) is 69.3 Å². The average Bonchev–Trinajstić information content (AvgIpc) is 2.67. The van der Waals surface area contributed by atoms with E-state index in [0.29, 0.717) is 6.42 Å². The topological polar surface area (TPSA) is 49.4 Å². The number of carbonyl (C=O) groups excluding carboxylic acids is 2. The van der Waals surface area contributed by atoms with Gasteiger partial charge in [0.15, 0.2) is 0 Å². The molecule has 4 heteroatoms. The Bertz CT molecular complexity index is 798. The first kappa shape index (κ1) is 18.2. The van der Waals surface area contributed by atoms with Crippen LogP contribution in [0.5, 0.6) is 0 Å².